The van der Waals surface area contributed by atoms with E-state index in [-0.39, 0.29) is 23.6 Å². The molecular weight excluding hydrogens is 832 g/mol. The predicted molar refractivity (Wildman–Crippen MR) is 246 cm³/mol. The number of ketones is 1. The van der Waals surface area contributed by atoms with Crippen LogP contribution in [0.1, 0.15) is 71.4 Å². The second-order valence-corrected chi connectivity index (χ2v) is 16.9. The molecule has 11 heteroatoms. The molecule has 0 spiro atoms. The molecule has 63 heavy (non-hydrogen) atoms. The van der Waals surface area contributed by atoms with E-state index in [9.17, 15) is 19.6 Å². The number of nitrogens with zero attached hydrogens (tertiary/aromatic N) is 3. The summed E-state index contributed by atoms with van der Waals surface area (Å²) in [5.41, 5.74) is 8.71. The normalized spacial score (nSPS) is 16.8. The van der Waals surface area contributed by atoms with Crippen molar-refractivity contribution in [3.8, 4) is 28.7 Å². The highest BCUT2D eigenvalue weighted by Gasteiger charge is 2.40. The number of fused-ring (bicyclic) bond motifs is 2. The number of Topliss-reactive ketones (excluding diaryl/α,β-unsaturated/α-hetero) is 1. The summed E-state index contributed by atoms with van der Waals surface area (Å²) in [6.45, 7) is 4.38. The van der Waals surface area contributed by atoms with E-state index in [1.54, 1.807) is 36.2 Å². The molecule has 2 aliphatic rings. The monoisotopic (exact) mass is 876 g/mol. The number of hydrogen-bond donors (Lipinski definition) is 1. The smallest absolute Gasteiger partial charge is 0.272 e. The SMILES string of the molecule is CC[C@@H](c1ccccc1)N1Cc2cc3c(cc2C[C@H]1C(=O)N[C@H](Cc1ccc(-c2ccc(C#N)cc2)cc1)C(C)=O)N(C)C(=O)[C@@H](c1ccc(OCc2ccc(Cl)c(Cl)c2)cc1)O3. The summed E-state index contributed by atoms with van der Waals surface area (Å²) in [6, 6.07) is 42.8. The van der Waals surface area contributed by atoms with Crippen LogP contribution < -0.4 is 19.7 Å². The van der Waals surface area contributed by atoms with Gasteiger partial charge in [-0.25, -0.2) is 0 Å². The van der Waals surface area contributed by atoms with Crippen molar-refractivity contribution < 1.29 is 23.9 Å². The Labute approximate surface area is 377 Å². The van der Waals surface area contributed by atoms with Gasteiger partial charge in [0.15, 0.2) is 5.78 Å². The zero-order chi connectivity index (χ0) is 44.2. The van der Waals surface area contributed by atoms with Crippen LogP contribution in [0.25, 0.3) is 11.1 Å². The maximum Gasteiger partial charge on any atom is 0.272 e. The zero-order valence-corrected chi connectivity index (χ0v) is 36.7. The first-order valence-electron chi connectivity index (χ1n) is 21.0. The van der Waals surface area contributed by atoms with Crippen molar-refractivity contribution in [3.05, 3.63) is 182 Å². The zero-order valence-electron chi connectivity index (χ0n) is 35.2. The number of carbonyl (C=O) groups excluding carboxylic acids is 3. The van der Waals surface area contributed by atoms with Gasteiger partial charge in [-0.05, 0) is 114 Å². The van der Waals surface area contributed by atoms with E-state index in [0.717, 1.165) is 45.4 Å². The van der Waals surface area contributed by atoms with Crippen molar-refractivity contribution in [3.63, 3.8) is 0 Å². The molecule has 2 aliphatic heterocycles. The summed E-state index contributed by atoms with van der Waals surface area (Å²) >= 11 is 12.2. The summed E-state index contributed by atoms with van der Waals surface area (Å²) in [5.74, 6) is 0.625. The van der Waals surface area contributed by atoms with Gasteiger partial charge in [-0.15, -0.1) is 0 Å². The topological polar surface area (TPSA) is 112 Å². The van der Waals surface area contributed by atoms with Gasteiger partial charge < -0.3 is 19.7 Å². The minimum Gasteiger partial charge on any atom is -0.489 e. The molecule has 318 valence electrons. The molecule has 1 N–H and O–H groups in total. The lowest BCUT2D eigenvalue weighted by atomic mass is 9.88. The number of amides is 2. The number of carbonyl (C=O) groups is 3. The van der Waals surface area contributed by atoms with Crippen LogP contribution in [0.5, 0.6) is 11.5 Å². The van der Waals surface area contributed by atoms with Crippen molar-refractivity contribution >= 4 is 46.5 Å². The molecule has 6 aromatic carbocycles. The lowest BCUT2D eigenvalue weighted by Crippen LogP contribution is -2.55. The van der Waals surface area contributed by atoms with Crippen LogP contribution in [-0.4, -0.2) is 41.6 Å². The van der Waals surface area contributed by atoms with Gasteiger partial charge >= 0.3 is 0 Å². The summed E-state index contributed by atoms with van der Waals surface area (Å²) < 4.78 is 12.5. The highest BCUT2D eigenvalue weighted by atomic mass is 35.5. The molecule has 0 radical (unpaired) electrons. The minimum atomic E-state index is -0.869. The number of halogens is 2. The second kappa shape index (κ2) is 18.9. The molecule has 0 bridgehead atoms. The third-order valence-corrected chi connectivity index (χ3v) is 12.7. The maximum atomic E-state index is 14.6. The number of nitrogens with one attached hydrogen (secondary N) is 1. The van der Waals surface area contributed by atoms with Crippen LogP contribution in [0, 0.1) is 11.3 Å². The Bertz CT molecular complexity index is 2680. The maximum absolute atomic E-state index is 14.6. The fourth-order valence-electron chi connectivity index (χ4n) is 8.48. The minimum absolute atomic E-state index is 0.0907. The number of anilines is 1. The van der Waals surface area contributed by atoms with Crippen molar-refractivity contribution in [2.75, 3.05) is 11.9 Å². The third kappa shape index (κ3) is 9.50. The van der Waals surface area contributed by atoms with Gasteiger partial charge in [0.25, 0.3) is 5.91 Å². The highest BCUT2D eigenvalue weighted by Crippen LogP contribution is 2.43. The lowest BCUT2D eigenvalue weighted by Gasteiger charge is -2.42. The van der Waals surface area contributed by atoms with Crippen LogP contribution in [0.4, 0.5) is 5.69 Å². The molecule has 0 fully saturated rings. The molecule has 0 aliphatic carbocycles. The summed E-state index contributed by atoms with van der Waals surface area (Å²) in [4.78, 5) is 45.5. The van der Waals surface area contributed by atoms with E-state index in [4.69, 9.17) is 32.7 Å². The van der Waals surface area contributed by atoms with Crippen molar-refractivity contribution in [2.45, 2.75) is 70.5 Å². The molecule has 0 saturated carbocycles. The van der Waals surface area contributed by atoms with Crippen LogP contribution in [0.2, 0.25) is 10.0 Å². The van der Waals surface area contributed by atoms with Gasteiger partial charge in [-0.3, -0.25) is 19.3 Å². The fourth-order valence-corrected chi connectivity index (χ4v) is 8.80. The Hall–Kier alpha value is -6.44. The molecule has 2 heterocycles. The number of benzene rings is 6. The first-order valence-corrected chi connectivity index (χ1v) is 21.7. The Balaban J connectivity index is 1.02. The standard InChI is InChI=1S/C52H46Cl2N4O5/c1-4-46(38-8-6-5-7-9-38)58-30-41-28-49-47(57(3)52(61)50(63-49)39-19-21-42(22-20-39)62-31-35-14-23-43(53)44(54)24-35)26-40(41)27-48(58)51(60)56-45(32(2)59)25-33-10-15-36(16-11-33)37-17-12-34(29-55)13-18-37/h5-24,26,28,45-46,48,50H,4,25,27,30-31H2,1-3H3,(H,56,60)/t45-,46+,48+,50-/m1/s1. The number of nitriles is 1. The van der Waals surface area contributed by atoms with Crippen molar-refractivity contribution in [1.82, 2.24) is 10.2 Å². The van der Waals surface area contributed by atoms with E-state index in [1.807, 2.05) is 97.1 Å². The molecule has 4 atom stereocenters. The molecule has 0 aromatic heterocycles. The average molecular weight is 878 g/mol. The molecule has 0 unspecified atom stereocenters. The van der Waals surface area contributed by atoms with Crippen molar-refractivity contribution in [2.24, 2.45) is 0 Å². The Morgan fingerprint density at radius 1 is 0.857 bits per heavy atom. The summed E-state index contributed by atoms with van der Waals surface area (Å²) in [7, 11) is 1.74. The highest BCUT2D eigenvalue weighted by molar-refractivity contribution is 6.42. The number of likely N-dealkylation sites (N-methyl/N-ethyl adjacent to an activating group) is 1. The molecular formula is C52H46Cl2N4O5. The number of ether oxygens (including phenoxy) is 2. The summed E-state index contributed by atoms with van der Waals surface area (Å²) in [6.07, 6.45) is 0.586. The first-order chi connectivity index (χ1) is 30.5. The van der Waals surface area contributed by atoms with Crippen LogP contribution >= 0.6 is 23.2 Å². The van der Waals surface area contributed by atoms with Gasteiger partial charge in [0.2, 0.25) is 12.0 Å². The Morgan fingerprint density at radius 3 is 2.19 bits per heavy atom. The van der Waals surface area contributed by atoms with Gasteiger partial charge in [-0.1, -0.05) is 115 Å². The van der Waals surface area contributed by atoms with E-state index in [1.165, 1.54) is 6.92 Å². The molecule has 8 rings (SSSR count). The van der Waals surface area contributed by atoms with Gasteiger partial charge in [-0.2, -0.15) is 5.26 Å². The first kappa shape index (κ1) is 43.2. The van der Waals surface area contributed by atoms with Crippen LogP contribution in [0.3, 0.4) is 0 Å². The van der Waals surface area contributed by atoms with Gasteiger partial charge in [0, 0.05) is 25.2 Å². The Kier molecular flexibility index (Phi) is 13.0. The molecule has 0 saturated heterocycles. The van der Waals surface area contributed by atoms with Crippen molar-refractivity contribution in [1.29, 1.82) is 5.26 Å². The predicted octanol–water partition coefficient (Wildman–Crippen LogP) is 10.4. The number of hydrogen-bond acceptors (Lipinski definition) is 7. The molecule has 2 amide bonds. The third-order valence-electron chi connectivity index (χ3n) is 12.0. The van der Waals surface area contributed by atoms with E-state index >= 15 is 0 Å². The second-order valence-electron chi connectivity index (χ2n) is 16.1. The van der Waals surface area contributed by atoms with E-state index in [0.29, 0.717) is 64.4 Å². The molecule has 6 aromatic rings. The number of rotatable bonds is 13. The lowest BCUT2D eigenvalue weighted by molar-refractivity contribution is -0.132. The Morgan fingerprint density at radius 2 is 1.54 bits per heavy atom. The van der Waals surface area contributed by atoms with E-state index in [2.05, 4.69) is 35.3 Å². The van der Waals surface area contributed by atoms with Crippen LogP contribution in [-0.2, 0) is 40.4 Å². The average Bonchev–Trinajstić information content (AvgIpc) is 3.30. The van der Waals surface area contributed by atoms with Gasteiger partial charge in [0.05, 0.1) is 39.4 Å². The fraction of sp³-hybridized carbons (Fsp3) is 0.231. The van der Waals surface area contributed by atoms with Gasteiger partial charge in [0.1, 0.15) is 18.1 Å². The van der Waals surface area contributed by atoms with E-state index < -0.39 is 18.2 Å². The van der Waals surface area contributed by atoms with Crippen LogP contribution in [0.15, 0.2) is 133 Å². The summed E-state index contributed by atoms with van der Waals surface area (Å²) in [5, 5.41) is 13.3. The largest absolute Gasteiger partial charge is 0.489 e. The quantitative estimate of drug-likeness (QED) is 0.123. The molecule has 9 nitrogen and oxygen atoms in total.